The third-order valence-corrected chi connectivity index (χ3v) is 6.16. The summed E-state index contributed by atoms with van der Waals surface area (Å²) in [4.78, 5) is 0.0177. The Hall–Kier alpha value is -0.340. The quantitative estimate of drug-likeness (QED) is 0.800. The second kappa shape index (κ2) is 6.42. The summed E-state index contributed by atoms with van der Waals surface area (Å²) in [6, 6.07) is 2.97. The average molecular weight is 398 g/mol. The number of nitrogens with two attached hydrogens (primary N) is 1. The first-order valence-electron chi connectivity index (χ1n) is 6.61. The van der Waals surface area contributed by atoms with Crippen LogP contribution in [0.25, 0.3) is 0 Å². The van der Waals surface area contributed by atoms with E-state index in [-0.39, 0.29) is 17.2 Å². The normalized spacial score (nSPS) is 17.9. The highest BCUT2D eigenvalue weighted by atomic mass is 79.9. The van der Waals surface area contributed by atoms with Gasteiger partial charge in [-0.05, 0) is 40.9 Å². The topological polar surface area (TPSA) is 81.4 Å². The van der Waals surface area contributed by atoms with Crippen molar-refractivity contribution in [1.82, 2.24) is 4.72 Å². The number of hydrogen-bond acceptors (Lipinski definition) is 4. The molecule has 0 unspecified atom stereocenters. The molecule has 0 bridgehead atoms. The summed E-state index contributed by atoms with van der Waals surface area (Å²) in [6.07, 6.45) is 3.42. The second-order valence-corrected chi connectivity index (χ2v) is 8.16. The number of ether oxygens (including phenoxy) is 1. The first-order chi connectivity index (χ1) is 9.83. The highest BCUT2D eigenvalue weighted by Gasteiger charge is 2.38. The number of nitrogens with one attached hydrogen (secondary N) is 1. The van der Waals surface area contributed by atoms with Crippen molar-refractivity contribution < 1.29 is 13.2 Å². The number of benzene rings is 1. The van der Waals surface area contributed by atoms with Gasteiger partial charge in [-0.1, -0.05) is 24.4 Å². The van der Waals surface area contributed by atoms with E-state index < -0.39 is 15.6 Å². The van der Waals surface area contributed by atoms with Crippen molar-refractivity contribution in [2.75, 3.05) is 13.7 Å². The Morgan fingerprint density at radius 3 is 2.57 bits per heavy atom. The summed E-state index contributed by atoms with van der Waals surface area (Å²) in [6.45, 7) is 0.274. The van der Waals surface area contributed by atoms with Crippen LogP contribution in [-0.4, -0.2) is 27.6 Å². The van der Waals surface area contributed by atoms with Crippen molar-refractivity contribution >= 4 is 37.6 Å². The van der Waals surface area contributed by atoms with Crippen molar-refractivity contribution in [2.24, 2.45) is 5.73 Å². The van der Waals surface area contributed by atoms with Crippen molar-refractivity contribution in [3.63, 3.8) is 0 Å². The second-order valence-electron chi connectivity index (χ2n) is 5.22. The van der Waals surface area contributed by atoms with Crippen LogP contribution in [0.4, 0.5) is 0 Å². The van der Waals surface area contributed by atoms with Crippen molar-refractivity contribution in [3.8, 4) is 5.75 Å². The summed E-state index contributed by atoms with van der Waals surface area (Å²) < 4.78 is 33.9. The summed E-state index contributed by atoms with van der Waals surface area (Å²) in [5.74, 6) is 0.233. The molecule has 1 aromatic rings. The molecule has 0 heterocycles. The number of sulfonamides is 1. The van der Waals surface area contributed by atoms with E-state index in [2.05, 4.69) is 20.7 Å². The largest absolute Gasteiger partial charge is 0.494 e. The molecule has 0 saturated heterocycles. The van der Waals surface area contributed by atoms with Crippen molar-refractivity contribution in [2.45, 2.75) is 36.1 Å². The molecule has 0 spiro atoms. The van der Waals surface area contributed by atoms with Crippen LogP contribution in [0.1, 0.15) is 25.7 Å². The van der Waals surface area contributed by atoms with E-state index in [9.17, 15) is 8.42 Å². The molecule has 3 N–H and O–H groups in total. The maximum atomic E-state index is 12.7. The molecule has 1 aliphatic carbocycles. The van der Waals surface area contributed by atoms with Gasteiger partial charge in [0.05, 0.1) is 11.6 Å². The average Bonchev–Trinajstić information content (AvgIpc) is 2.86. The lowest BCUT2D eigenvalue weighted by Gasteiger charge is -2.28. The van der Waals surface area contributed by atoms with E-state index >= 15 is 0 Å². The number of methoxy groups -OCH3 is 1. The van der Waals surface area contributed by atoms with Crippen LogP contribution >= 0.6 is 27.5 Å². The zero-order valence-corrected chi connectivity index (χ0v) is 14.8. The SMILES string of the molecule is COc1c(Br)cc(Cl)cc1S(=O)(=O)NC1(CN)CCCC1. The van der Waals surface area contributed by atoms with Crippen LogP contribution in [0.2, 0.25) is 5.02 Å². The summed E-state index contributed by atoms with van der Waals surface area (Å²) in [5.41, 5.74) is 5.22. The van der Waals surface area contributed by atoms with E-state index in [1.807, 2.05) is 0 Å². The molecule has 8 heteroatoms. The fraction of sp³-hybridized carbons (Fsp3) is 0.538. The Balaban J connectivity index is 2.44. The van der Waals surface area contributed by atoms with E-state index in [0.29, 0.717) is 9.50 Å². The lowest BCUT2D eigenvalue weighted by molar-refractivity contribution is 0.388. The van der Waals surface area contributed by atoms with E-state index in [4.69, 9.17) is 22.1 Å². The van der Waals surface area contributed by atoms with Crippen molar-refractivity contribution in [1.29, 1.82) is 0 Å². The van der Waals surface area contributed by atoms with Crippen LogP contribution in [0.3, 0.4) is 0 Å². The molecule has 1 fully saturated rings. The fourth-order valence-electron chi connectivity index (χ4n) is 2.67. The predicted molar refractivity (Wildman–Crippen MR) is 86.3 cm³/mol. The highest BCUT2D eigenvalue weighted by molar-refractivity contribution is 9.10. The Morgan fingerprint density at radius 1 is 1.43 bits per heavy atom. The van der Waals surface area contributed by atoms with Crippen LogP contribution in [0, 0.1) is 0 Å². The van der Waals surface area contributed by atoms with Crippen molar-refractivity contribution in [3.05, 3.63) is 21.6 Å². The van der Waals surface area contributed by atoms with Gasteiger partial charge >= 0.3 is 0 Å². The third-order valence-electron chi connectivity index (χ3n) is 3.77. The number of halogens is 2. The smallest absolute Gasteiger partial charge is 0.244 e. The Bertz CT molecular complexity index is 631. The molecule has 21 heavy (non-hydrogen) atoms. The van der Waals surface area contributed by atoms with Crippen LogP contribution < -0.4 is 15.2 Å². The predicted octanol–water partition coefficient (Wildman–Crippen LogP) is 2.66. The van der Waals surface area contributed by atoms with Crippen LogP contribution in [0.5, 0.6) is 5.75 Å². The molecule has 0 atom stereocenters. The van der Waals surface area contributed by atoms with Gasteiger partial charge in [-0.2, -0.15) is 0 Å². The lowest BCUT2D eigenvalue weighted by Crippen LogP contribution is -2.51. The van der Waals surface area contributed by atoms with Gasteiger partial charge in [-0.3, -0.25) is 0 Å². The van der Waals surface area contributed by atoms with Gasteiger partial charge in [0.1, 0.15) is 4.90 Å². The molecule has 5 nitrogen and oxygen atoms in total. The highest BCUT2D eigenvalue weighted by Crippen LogP contribution is 2.37. The lowest BCUT2D eigenvalue weighted by atomic mass is 10.0. The van der Waals surface area contributed by atoms with Gasteiger partial charge in [0.15, 0.2) is 5.75 Å². The molecule has 0 amide bonds. The van der Waals surface area contributed by atoms with Gasteiger partial charge in [0, 0.05) is 17.1 Å². The molecular formula is C13H18BrClN2O3S. The minimum Gasteiger partial charge on any atom is -0.494 e. The van der Waals surface area contributed by atoms with E-state index in [1.165, 1.54) is 13.2 Å². The monoisotopic (exact) mass is 396 g/mol. The van der Waals surface area contributed by atoms with Gasteiger partial charge < -0.3 is 10.5 Å². The summed E-state index contributed by atoms with van der Waals surface area (Å²) >= 11 is 9.24. The zero-order chi connectivity index (χ0) is 15.7. The van der Waals surface area contributed by atoms with Gasteiger partial charge in [0.2, 0.25) is 10.0 Å². The molecule has 0 aromatic heterocycles. The minimum atomic E-state index is -3.77. The van der Waals surface area contributed by atoms with Gasteiger partial charge in [0.25, 0.3) is 0 Å². The summed E-state index contributed by atoms with van der Waals surface area (Å²) in [5, 5.41) is 0.316. The molecule has 0 radical (unpaired) electrons. The zero-order valence-electron chi connectivity index (χ0n) is 11.7. The van der Waals surface area contributed by atoms with E-state index in [1.54, 1.807) is 6.07 Å². The molecule has 2 rings (SSSR count). The fourth-order valence-corrected chi connectivity index (χ4v) is 5.53. The Morgan fingerprint density at radius 2 is 2.05 bits per heavy atom. The Labute approximate surface area is 138 Å². The molecule has 118 valence electrons. The number of hydrogen-bond donors (Lipinski definition) is 2. The molecule has 0 aliphatic heterocycles. The third kappa shape index (κ3) is 3.53. The summed E-state index contributed by atoms with van der Waals surface area (Å²) in [7, 11) is -2.35. The van der Waals surface area contributed by atoms with Gasteiger partial charge in [-0.15, -0.1) is 0 Å². The molecular weight excluding hydrogens is 380 g/mol. The molecule has 1 aliphatic rings. The van der Waals surface area contributed by atoms with Crippen LogP contribution in [-0.2, 0) is 10.0 Å². The molecule has 1 saturated carbocycles. The first-order valence-corrected chi connectivity index (χ1v) is 9.26. The van der Waals surface area contributed by atoms with Crippen LogP contribution in [0.15, 0.2) is 21.5 Å². The maximum absolute atomic E-state index is 12.7. The first kappa shape index (κ1) is 17.0. The van der Waals surface area contributed by atoms with Gasteiger partial charge in [-0.25, -0.2) is 13.1 Å². The molecule has 1 aromatic carbocycles. The Kier molecular flexibility index (Phi) is 5.20. The minimum absolute atomic E-state index is 0.0177. The standard InChI is InChI=1S/C13H18BrClN2O3S/c1-20-12-10(14)6-9(15)7-11(12)21(18,19)17-13(8-16)4-2-3-5-13/h6-7,17H,2-5,8,16H2,1H3. The maximum Gasteiger partial charge on any atom is 0.244 e. The number of rotatable bonds is 5. The van der Waals surface area contributed by atoms with E-state index in [0.717, 1.165) is 25.7 Å².